The molecular weight excluding hydrogens is 411 g/mol. The topological polar surface area (TPSA) is 49.9 Å². The van der Waals surface area contributed by atoms with Crippen LogP contribution in [0.1, 0.15) is 45.6 Å². The number of hydrogen-bond donors (Lipinski definition) is 0. The number of carbonyl (C=O) groups is 2. The number of likely N-dealkylation sites (tertiary alicyclic amines) is 1. The Morgan fingerprint density at radius 3 is 2.45 bits per heavy atom. The predicted octanol–water partition coefficient (Wildman–Crippen LogP) is 4.62. The monoisotopic (exact) mass is 438 g/mol. The molecule has 2 heterocycles. The Hall–Kier alpha value is -1.56. The van der Waals surface area contributed by atoms with E-state index in [4.69, 9.17) is 27.9 Å². The highest BCUT2D eigenvalue weighted by atomic mass is 35.5. The van der Waals surface area contributed by atoms with Gasteiger partial charge in [-0.25, -0.2) is 0 Å². The van der Waals surface area contributed by atoms with Crippen LogP contribution in [-0.4, -0.2) is 54.0 Å². The Morgan fingerprint density at radius 2 is 1.83 bits per heavy atom. The molecule has 1 aromatic carbocycles. The van der Waals surface area contributed by atoms with E-state index in [9.17, 15) is 9.59 Å². The van der Waals surface area contributed by atoms with Gasteiger partial charge in [0.05, 0.1) is 16.7 Å². The molecule has 29 heavy (non-hydrogen) atoms. The van der Waals surface area contributed by atoms with Crippen LogP contribution in [0.25, 0.3) is 5.57 Å². The highest BCUT2D eigenvalue weighted by Gasteiger charge is 2.42. The summed E-state index contributed by atoms with van der Waals surface area (Å²) in [5, 5.41) is 0.869. The summed E-state index contributed by atoms with van der Waals surface area (Å²) >= 11 is 12.5. The summed E-state index contributed by atoms with van der Waals surface area (Å²) in [5.41, 5.74) is 1.41. The standard InChI is InChI=1S/C22H28Cl2N2O3/c1-14(2)29-12-4-9-26-21(27)19(17-6-5-16(23)13-18(17)24)20(22(26)28)25-10-7-15(3)8-11-25/h5-6,13-15H,4,7-12H2,1-3H3. The first kappa shape index (κ1) is 22.1. The third-order valence-corrected chi connectivity index (χ3v) is 5.97. The summed E-state index contributed by atoms with van der Waals surface area (Å²) in [6, 6.07) is 5.03. The molecule has 0 aromatic heterocycles. The predicted molar refractivity (Wildman–Crippen MR) is 116 cm³/mol. The van der Waals surface area contributed by atoms with Crippen molar-refractivity contribution in [2.75, 3.05) is 26.2 Å². The fraction of sp³-hybridized carbons (Fsp3) is 0.545. The van der Waals surface area contributed by atoms with Crippen LogP contribution in [0.4, 0.5) is 0 Å². The van der Waals surface area contributed by atoms with E-state index >= 15 is 0 Å². The average Bonchev–Trinajstić information content (AvgIpc) is 2.90. The second-order valence-electron chi connectivity index (χ2n) is 8.05. The SMILES string of the molecule is CC1CCN(C2=C(c3ccc(Cl)cc3Cl)C(=O)N(CCCOC(C)C)C2=O)CC1. The molecule has 0 N–H and O–H groups in total. The lowest BCUT2D eigenvalue weighted by atomic mass is 9.97. The Morgan fingerprint density at radius 1 is 1.14 bits per heavy atom. The molecule has 1 saturated heterocycles. The van der Waals surface area contributed by atoms with Crippen LogP contribution in [0.2, 0.25) is 10.0 Å². The number of piperidine rings is 1. The number of nitrogens with zero attached hydrogens (tertiary/aromatic N) is 2. The first-order valence-electron chi connectivity index (χ1n) is 10.2. The molecule has 0 radical (unpaired) electrons. The van der Waals surface area contributed by atoms with Gasteiger partial charge in [0.1, 0.15) is 5.70 Å². The van der Waals surface area contributed by atoms with E-state index in [-0.39, 0.29) is 17.9 Å². The van der Waals surface area contributed by atoms with Crippen LogP contribution < -0.4 is 0 Å². The third kappa shape index (κ3) is 4.96. The van der Waals surface area contributed by atoms with E-state index < -0.39 is 0 Å². The molecule has 0 unspecified atom stereocenters. The number of benzene rings is 1. The van der Waals surface area contributed by atoms with Crippen molar-refractivity contribution in [2.45, 2.75) is 46.1 Å². The summed E-state index contributed by atoms with van der Waals surface area (Å²) in [6.45, 7) is 8.48. The summed E-state index contributed by atoms with van der Waals surface area (Å²) < 4.78 is 5.56. The highest BCUT2D eigenvalue weighted by molar-refractivity contribution is 6.41. The highest BCUT2D eigenvalue weighted by Crippen LogP contribution is 2.37. The van der Waals surface area contributed by atoms with Crippen LogP contribution in [0.15, 0.2) is 23.9 Å². The number of hydrogen-bond acceptors (Lipinski definition) is 4. The summed E-state index contributed by atoms with van der Waals surface area (Å²) in [6.07, 6.45) is 2.71. The fourth-order valence-corrected chi connectivity index (χ4v) is 4.27. The van der Waals surface area contributed by atoms with E-state index in [1.54, 1.807) is 18.2 Å². The summed E-state index contributed by atoms with van der Waals surface area (Å²) in [4.78, 5) is 29.9. The summed E-state index contributed by atoms with van der Waals surface area (Å²) in [7, 11) is 0. The Bertz CT molecular complexity index is 814. The van der Waals surface area contributed by atoms with Gasteiger partial charge in [0.25, 0.3) is 11.8 Å². The van der Waals surface area contributed by atoms with E-state index in [1.807, 2.05) is 18.7 Å². The number of imide groups is 1. The van der Waals surface area contributed by atoms with Crippen molar-refractivity contribution in [3.8, 4) is 0 Å². The summed E-state index contributed by atoms with van der Waals surface area (Å²) in [5.74, 6) is 0.0819. The Balaban J connectivity index is 1.91. The number of amides is 2. The molecule has 7 heteroatoms. The third-order valence-electron chi connectivity index (χ3n) is 5.42. The van der Waals surface area contributed by atoms with Gasteiger partial charge in [0, 0.05) is 36.8 Å². The van der Waals surface area contributed by atoms with E-state index in [1.165, 1.54) is 4.90 Å². The fourth-order valence-electron chi connectivity index (χ4n) is 3.77. The number of halogens is 2. The molecule has 158 valence electrons. The maximum Gasteiger partial charge on any atom is 0.277 e. The van der Waals surface area contributed by atoms with Gasteiger partial charge in [0.15, 0.2) is 0 Å². The molecular formula is C22H28Cl2N2O3. The number of carbonyl (C=O) groups excluding carboxylic acids is 2. The quantitative estimate of drug-likeness (QED) is 0.460. The zero-order valence-corrected chi connectivity index (χ0v) is 18.7. The van der Waals surface area contributed by atoms with E-state index in [2.05, 4.69) is 6.92 Å². The molecule has 2 aliphatic rings. The first-order chi connectivity index (χ1) is 13.8. The van der Waals surface area contributed by atoms with Crippen molar-refractivity contribution >= 4 is 40.6 Å². The molecule has 3 rings (SSSR count). The molecule has 1 fully saturated rings. The van der Waals surface area contributed by atoms with E-state index in [0.29, 0.717) is 52.4 Å². The van der Waals surface area contributed by atoms with Gasteiger partial charge < -0.3 is 9.64 Å². The van der Waals surface area contributed by atoms with Gasteiger partial charge in [-0.2, -0.15) is 0 Å². The minimum absolute atomic E-state index is 0.118. The molecule has 0 spiro atoms. The van der Waals surface area contributed by atoms with Crippen LogP contribution in [0, 0.1) is 5.92 Å². The van der Waals surface area contributed by atoms with Crippen molar-refractivity contribution in [3.63, 3.8) is 0 Å². The molecule has 5 nitrogen and oxygen atoms in total. The smallest absolute Gasteiger partial charge is 0.277 e. The molecule has 1 aromatic rings. The van der Waals surface area contributed by atoms with Gasteiger partial charge >= 0.3 is 0 Å². The van der Waals surface area contributed by atoms with Gasteiger partial charge in [-0.3, -0.25) is 14.5 Å². The number of ether oxygens (including phenoxy) is 1. The lowest BCUT2D eigenvalue weighted by molar-refractivity contribution is -0.137. The zero-order valence-electron chi connectivity index (χ0n) is 17.2. The van der Waals surface area contributed by atoms with Gasteiger partial charge in [0.2, 0.25) is 0 Å². The van der Waals surface area contributed by atoms with Gasteiger partial charge in [-0.15, -0.1) is 0 Å². The van der Waals surface area contributed by atoms with Gasteiger partial charge in [-0.05, 0) is 51.2 Å². The maximum atomic E-state index is 13.3. The van der Waals surface area contributed by atoms with Crippen LogP contribution in [-0.2, 0) is 14.3 Å². The van der Waals surface area contributed by atoms with Crippen molar-refractivity contribution in [3.05, 3.63) is 39.5 Å². The van der Waals surface area contributed by atoms with Crippen molar-refractivity contribution < 1.29 is 14.3 Å². The number of rotatable bonds is 7. The minimum atomic E-state index is -0.294. The van der Waals surface area contributed by atoms with E-state index in [0.717, 1.165) is 25.9 Å². The van der Waals surface area contributed by atoms with Gasteiger partial charge in [-0.1, -0.05) is 36.2 Å². The second-order valence-corrected chi connectivity index (χ2v) is 8.90. The zero-order chi connectivity index (χ0) is 21.1. The normalized spacial score (nSPS) is 18.6. The minimum Gasteiger partial charge on any atom is -0.379 e. The second kappa shape index (κ2) is 9.50. The van der Waals surface area contributed by atoms with Crippen molar-refractivity contribution in [2.24, 2.45) is 5.92 Å². The molecule has 0 atom stereocenters. The van der Waals surface area contributed by atoms with Crippen LogP contribution >= 0.6 is 23.2 Å². The lowest BCUT2D eigenvalue weighted by Crippen LogP contribution is -2.39. The van der Waals surface area contributed by atoms with Crippen molar-refractivity contribution in [1.82, 2.24) is 9.80 Å². The average molecular weight is 439 g/mol. The molecule has 2 amide bonds. The molecule has 2 aliphatic heterocycles. The van der Waals surface area contributed by atoms with Crippen LogP contribution in [0.5, 0.6) is 0 Å². The first-order valence-corrected chi connectivity index (χ1v) is 11.0. The Labute approximate surface area is 182 Å². The molecule has 0 bridgehead atoms. The lowest BCUT2D eigenvalue weighted by Gasteiger charge is -2.32. The molecule has 0 saturated carbocycles. The maximum absolute atomic E-state index is 13.3. The Kier molecular flexibility index (Phi) is 7.25. The van der Waals surface area contributed by atoms with Crippen molar-refractivity contribution in [1.29, 1.82) is 0 Å². The largest absolute Gasteiger partial charge is 0.379 e. The van der Waals surface area contributed by atoms with Crippen LogP contribution in [0.3, 0.4) is 0 Å². The molecule has 0 aliphatic carbocycles.